The summed E-state index contributed by atoms with van der Waals surface area (Å²) in [5, 5.41) is 2.79. The zero-order valence-electron chi connectivity index (χ0n) is 18.1. The molecule has 1 saturated carbocycles. The number of hydrogen-bond donors (Lipinski definition) is 1. The molecule has 1 N–H and O–H groups in total. The van der Waals surface area contributed by atoms with E-state index >= 15 is 0 Å². The van der Waals surface area contributed by atoms with E-state index in [9.17, 15) is 18.8 Å². The number of halogens is 2. The van der Waals surface area contributed by atoms with Gasteiger partial charge in [-0.2, -0.15) is 0 Å². The number of carbonyl (C=O) groups is 2. The van der Waals surface area contributed by atoms with Crippen LogP contribution in [0.3, 0.4) is 0 Å². The summed E-state index contributed by atoms with van der Waals surface area (Å²) in [6.45, 7) is 0.468. The lowest BCUT2D eigenvalue weighted by molar-refractivity contribution is -0.155. The maximum atomic E-state index is 14.5. The molecule has 8 nitrogen and oxygen atoms in total. The predicted octanol–water partition coefficient (Wildman–Crippen LogP) is 4.18. The predicted molar refractivity (Wildman–Crippen MR) is 122 cm³/mol. The van der Waals surface area contributed by atoms with E-state index in [2.05, 4.69) is 10.1 Å². The van der Waals surface area contributed by atoms with Crippen LogP contribution < -0.4 is 15.5 Å². The Morgan fingerprint density at radius 3 is 2.71 bits per heavy atom. The zero-order valence-corrected chi connectivity index (χ0v) is 18.9. The SMILES string of the molecule is COC(=O)C1CC(OCCOc2ccc(NC(=O)c3cc(=O)c4cccc(Cl)c4o3)c(F)c2)C1. The molecular weight excluding hydrogens is 469 g/mol. The molecule has 34 heavy (non-hydrogen) atoms. The topological polar surface area (TPSA) is 104 Å². The number of carbonyl (C=O) groups excluding carboxylic acids is 2. The number of para-hydroxylation sites is 1. The highest BCUT2D eigenvalue weighted by molar-refractivity contribution is 6.34. The third-order valence-corrected chi connectivity index (χ3v) is 5.75. The van der Waals surface area contributed by atoms with E-state index in [0.717, 1.165) is 12.1 Å². The molecule has 0 spiro atoms. The minimum absolute atomic E-state index is 0.0212. The van der Waals surface area contributed by atoms with Gasteiger partial charge in [-0.05, 0) is 37.1 Å². The molecule has 1 aromatic heterocycles. The normalized spacial score (nSPS) is 17.1. The number of benzene rings is 2. The molecule has 1 amide bonds. The third-order valence-electron chi connectivity index (χ3n) is 5.45. The Labute approximate surface area is 198 Å². The van der Waals surface area contributed by atoms with Crippen molar-refractivity contribution >= 4 is 40.1 Å². The fraction of sp³-hybridized carbons (Fsp3) is 0.292. The lowest BCUT2D eigenvalue weighted by Crippen LogP contribution is -2.37. The molecule has 1 aliphatic rings. The maximum Gasteiger partial charge on any atom is 0.308 e. The van der Waals surface area contributed by atoms with Gasteiger partial charge in [0.25, 0.3) is 5.91 Å². The highest BCUT2D eigenvalue weighted by atomic mass is 35.5. The van der Waals surface area contributed by atoms with Gasteiger partial charge in [-0.3, -0.25) is 14.4 Å². The Hall–Kier alpha value is -3.43. The lowest BCUT2D eigenvalue weighted by atomic mass is 9.82. The number of nitrogens with one attached hydrogen (secondary N) is 1. The van der Waals surface area contributed by atoms with Crippen LogP contribution >= 0.6 is 11.6 Å². The summed E-state index contributed by atoms with van der Waals surface area (Å²) in [4.78, 5) is 36.1. The van der Waals surface area contributed by atoms with Crippen molar-refractivity contribution in [2.45, 2.75) is 18.9 Å². The molecule has 3 aromatic rings. The smallest absolute Gasteiger partial charge is 0.308 e. The summed E-state index contributed by atoms with van der Waals surface area (Å²) in [5.41, 5.74) is -0.474. The number of methoxy groups -OCH3 is 1. The molecule has 0 unspecified atom stereocenters. The monoisotopic (exact) mass is 489 g/mol. The van der Waals surface area contributed by atoms with Crippen molar-refractivity contribution in [1.29, 1.82) is 0 Å². The van der Waals surface area contributed by atoms with Crippen LogP contribution in [0.5, 0.6) is 5.75 Å². The fourth-order valence-electron chi connectivity index (χ4n) is 3.56. The molecule has 0 saturated heterocycles. The maximum absolute atomic E-state index is 14.5. The van der Waals surface area contributed by atoms with Gasteiger partial charge >= 0.3 is 5.97 Å². The Morgan fingerprint density at radius 1 is 1.18 bits per heavy atom. The van der Waals surface area contributed by atoms with E-state index in [0.29, 0.717) is 12.8 Å². The van der Waals surface area contributed by atoms with Crippen LogP contribution in [0.1, 0.15) is 23.4 Å². The van der Waals surface area contributed by atoms with E-state index in [4.69, 9.17) is 25.5 Å². The average Bonchev–Trinajstić information content (AvgIpc) is 2.79. The number of hydrogen-bond acceptors (Lipinski definition) is 7. The number of amides is 1. The molecule has 178 valence electrons. The van der Waals surface area contributed by atoms with Crippen molar-refractivity contribution in [3.05, 3.63) is 69.3 Å². The minimum Gasteiger partial charge on any atom is -0.491 e. The fourth-order valence-corrected chi connectivity index (χ4v) is 3.77. The van der Waals surface area contributed by atoms with E-state index in [1.54, 1.807) is 6.07 Å². The van der Waals surface area contributed by atoms with Crippen molar-refractivity contribution in [1.82, 2.24) is 0 Å². The van der Waals surface area contributed by atoms with Gasteiger partial charge in [0.1, 0.15) is 18.2 Å². The van der Waals surface area contributed by atoms with Crippen LogP contribution in [0.4, 0.5) is 10.1 Å². The van der Waals surface area contributed by atoms with Gasteiger partial charge in [0.2, 0.25) is 0 Å². The van der Waals surface area contributed by atoms with Crippen molar-refractivity contribution in [3.63, 3.8) is 0 Å². The molecule has 0 atom stereocenters. The molecule has 1 aliphatic carbocycles. The Balaban J connectivity index is 1.31. The first kappa shape index (κ1) is 23.7. The second-order valence-electron chi connectivity index (χ2n) is 7.72. The summed E-state index contributed by atoms with van der Waals surface area (Å²) in [7, 11) is 1.36. The average molecular weight is 490 g/mol. The molecule has 2 aromatic carbocycles. The van der Waals surface area contributed by atoms with Gasteiger partial charge in [0.15, 0.2) is 16.8 Å². The molecule has 0 aliphatic heterocycles. The zero-order chi connectivity index (χ0) is 24.2. The standard InChI is InChI=1S/C24H21ClFNO7/c1-31-24(30)13-9-15(10-13)33-8-7-32-14-5-6-19(18(26)11-14)27-23(29)21-12-20(28)16-3-2-4-17(25)22(16)34-21/h2-6,11-13,15H,7-10H2,1H3,(H,27,29). The first-order valence-corrected chi connectivity index (χ1v) is 10.9. The van der Waals surface area contributed by atoms with Crippen LogP contribution in [-0.2, 0) is 14.3 Å². The molecule has 4 rings (SSSR count). The summed E-state index contributed by atoms with van der Waals surface area (Å²) in [6.07, 6.45) is 1.20. The number of esters is 1. The number of ether oxygens (including phenoxy) is 3. The van der Waals surface area contributed by atoms with Crippen molar-refractivity contribution in [2.24, 2.45) is 5.92 Å². The highest BCUT2D eigenvalue weighted by Crippen LogP contribution is 2.31. The van der Waals surface area contributed by atoms with Gasteiger partial charge in [0, 0.05) is 12.1 Å². The van der Waals surface area contributed by atoms with E-state index in [1.807, 2.05) is 0 Å². The van der Waals surface area contributed by atoms with E-state index in [1.165, 1.54) is 31.4 Å². The quantitative estimate of drug-likeness (QED) is 0.374. The van der Waals surface area contributed by atoms with E-state index in [-0.39, 0.29) is 64.4 Å². The molecule has 1 heterocycles. The number of fused-ring (bicyclic) bond motifs is 1. The number of rotatable bonds is 8. The molecule has 0 bridgehead atoms. The Bertz CT molecular complexity index is 1290. The van der Waals surface area contributed by atoms with Crippen LogP contribution in [0.15, 0.2) is 51.7 Å². The third kappa shape index (κ3) is 5.21. The second kappa shape index (κ2) is 10.2. The number of anilines is 1. The molecule has 1 fully saturated rings. The Kier molecular flexibility index (Phi) is 7.14. The highest BCUT2D eigenvalue weighted by Gasteiger charge is 2.35. The van der Waals surface area contributed by atoms with Gasteiger partial charge < -0.3 is 23.9 Å². The van der Waals surface area contributed by atoms with Gasteiger partial charge in [-0.25, -0.2) is 4.39 Å². The summed E-state index contributed by atoms with van der Waals surface area (Å²) >= 11 is 6.05. The molecule has 10 heteroatoms. The van der Waals surface area contributed by atoms with Crippen LogP contribution in [0, 0.1) is 11.7 Å². The van der Waals surface area contributed by atoms with Gasteiger partial charge in [-0.15, -0.1) is 0 Å². The van der Waals surface area contributed by atoms with Crippen LogP contribution in [0.2, 0.25) is 5.02 Å². The molecular formula is C24H21ClFNO7. The summed E-state index contributed by atoms with van der Waals surface area (Å²) in [5.74, 6) is -1.92. The van der Waals surface area contributed by atoms with Crippen molar-refractivity contribution in [2.75, 3.05) is 25.6 Å². The van der Waals surface area contributed by atoms with Crippen LogP contribution in [-0.4, -0.2) is 38.3 Å². The van der Waals surface area contributed by atoms with E-state index < -0.39 is 17.2 Å². The minimum atomic E-state index is -0.800. The van der Waals surface area contributed by atoms with Gasteiger partial charge in [0.05, 0.1) is 41.8 Å². The summed E-state index contributed by atoms with van der Waals surface area (Å²) in [6, 6.07) is 9.64. The first-order chi connectivity index (χ1) is 16.4. The molecule has 0 radical (unpaired) electrons. The first-order valence-electron chi connectivity index (χ1n) is 10.5. The summed E-state index contributed by atoms with van der Waals surface area (Å²) < 4.78 is 35.7. The van der Waals surface area contributed by atoms with Crippen molar-refractivity contribution in [3.8, 4) is 5.75 Å². The second-order valence-corrected chi connectivity index (χ2v) is 8.13. The van der Waals surface area contributed by atoms with Crippen LogP contribution in [0.25, 0.3) is 11.0 Å². The van der Waals surface area contributed by atoms with Crippen molar-refractivity contribution < 1.29 is 32.6 Å². The van der Waals surface area contributed by atoms with Gasteiger partial charge in [-0.1, -0.05) is 17.7 Å². The lowest BCUT2D eigenvalue weighted by Gasteiger charge is -2.32. The largest absolute Gasteiger partial charge is 0.491 e. The Morgan fingerprint density at radius 2 is 1.97 bits per heavy atom.